The van der Waals surface area contributed by atoms with E-state index >= 15 is 0 Å². The predicted octanol–water partition coefficient (Wildman–Crippen LogP) is 3.08. The van der Waals surface area contributed by atoms with E-state index in [0.29, 0.717) is 0 Å². The van der Waals surface area contributed by atoms with Gasteiger partial charge in [-0.3, -0.25) is 4.79 Å². The normalized spacial score (nSPS) is 10.3. The van der Waals surface area contributed by atoms with Crippen molar-refractivity contribution in [2.24, 2.45) is 0 Å². The molecular formula is C12H16BrNO. The average Bonchev–Trinajstić information content (AvgIpc) is 2.14. The highest BCUT2D eigenvalue weighted by Gasteiger charge is 2.17. The summed E-state index contributed by atoms with van der Waals surface area (Å²) in [6.07, 6.45) is 0. The number of carbonyl (C=O) groups is 1. The van der Waals surface area contributed by atoms with Crippen LogP contribution in [0, 0.1) is 20.8 Å². The van der Waals surface area contributed by atoms with Gasteiger partial charge in [-0.05, 0) is 37.5 Å². The lowest BCUT2D eigenvalue weighted by Crippen LogP contribution is -2.23. The van der Waals surface area contributed by atoms with Crippen LogP contribution in [0.5, 0.6) is 0 Å². The summed E-state index contributed by atoms with van der Waals surface area (Å²) in [5.74, 6) is 0.0608. The van der Waals surface area contributed by atoms with E-state index in [0.717, 1.165) is 21.2 Å². The maximum absolute atomic E-state index is 12.0. The van der Waals surface area contributed by atoms with Gasteiger partial charge in [0.25, 0.3) is 5.91 Å². The molecule has 0 fully saturated rings. The molecule has 3 heteroatoms. The van der Waals surface area contributed by atoms with Crippen LogP contribution in [-0.2, 0) is 0 Å². The highest BCUT2D eigenvalue weighted by molar-refractivity contribution is 9.10. The van der Waals surface area contributed by atoms with E-state index in [4.69, 9.17) is 0 Å². The molecule has 0 aliphatic rings. The van der Waals surface area contributed by atoms with Gasteiger partial charge in [0.15, 0.2) is 0 Å². The van der Waals surface area contributed by atoms with Crippen molar-refractivity contribution in [2.45, 2.75) is 20.8 Å². The van der Waals surface area contributed by atoms with Gasteiger partial charge in [0.2, 0.25) is 0 Å². The van der Waals surface area contributed by atoms with Crippen molar-refractivity contribution in [3.63, 3.8) is 0 Å². The Hall–Kier alpha value is -0.830. The standard InChI is InChI=1S/C12H16BrNO/c1-7-6-8(2)11(13)9(3)10(7)12(15)14(4)5/h6H,1-5H3. The molecule has 2 nitrogen and oxygen atoms in total. The molecule has 0 bridgehead atoms. The van der Waals surface area contributed by atoms with Crippen molar-refractivity contribution in [3.05, 3.63) is 32.8 Å². The number of nitrogens with zero attached hydrogens (tertiary/aromatic N) is 1. The van der Waals surface area contributed by atoms with Crippen molar-refractivity contribution in [2.75, 3.05) is 14.1 Å². The van der Waals surface area contributed by atoms with Gasteiger partial charge in [0, 0.05) is 24.1 Å². The van der Waals surface area contributed by atoms with Crippen LogP contribution in [0.25, 0.3) is 0 Å². The third kappa shape index (κ3) is 2.23. The maximum atomic E-state index is 12.0. The Morgan fingerprint density at radius 2 is 1.73 bits per heavy atom. The van der Waals surface area contributed by atoms with E-state index in [1.807, 2.05) is 26.8 Å². The van der Waals surface area contributed by atoms with Gasteiger partial charge in [-0.1, -0.05) is 22.0 Å². The lowest BCUT2D eigenvalue weighted by molar-refractivity contribution is 0.0826. The molecule has 1 aromatic carbocycles. The van der Waals surface area contributed by atoms with Crippen molar-refractivity contribution >= 4 is 21.8 Å². The van der Waals surface area contributed by atoms with Gasteiger partial charge < -0.3 is 4.90 Å². The zero-order chi connectivity index (χ0) is 11.7. The number of aryl methyl sites for hydroxylation is 2. The molecule has 0 aliphatic carbocycles. The molecule has 0 aliphatic heterocycles. The lowest BCUT2D eigenvalue weighted by Gasteiger charge is -2.17. The Kier molecular flexibility index (Phi) is 3.55. The van der Waals surface area contributed by atoms with Crippen LogP contribution in [-0.4, -0.2) is 24.9 Å². The van der Waals surface area contributed by atoms with Crippen LogP contribution >= 0.6 is 15.9 Å². The summed E-state index contributed by atoms with van der Waals surface area (Å²) in [5.41, 5.74) is 4.02. The fourth-order valence-corrected chi connectivity index (χ4v) is 2.03. The van der Waals surface area contributed by atoms with Gasteiger partial charge in [0.1, 0.15) is 0 Å². The highest BCUT2D eigenvalue weighted by Crippen LogP contribution is 2.27. The molecule has 0 aromatic heterocycles. The van der Waals surface area contributed by atoms with Crippen LogP contribution in [0.2, 0.25) is 0 Å². The first-order chi connectivity index (χ1) is 6.86. The molecule has 15 heavy (non-hydrogen) atoms. The lowest BCUT2D eigenvalue weighted by atomic mass is 9.99. The topological polar surface area (TPSA) is 20.3 Å². The first kappa shape index (κ1) is 12.2. The van der Waals surface area contributed by atoms with Crippen molar-refractivity contribution in [3.8, 4) is 0 Å². The minimum absolute atomic E-state index is 0.0608. The molecule has 82 valence electrons. The number of amides is 1. The minimum atomic E-state index is 0.0608. The summed E-state index contributed by atoms with van der Waals surface area (Å²) in [4.78, 5) is 13.6. The van der Waals surface area contributed by atoms with E-state index in [2.05, 4.69) is 15.9 Å². The van der Waals surface area contributed by atoms with Crippen molar-refractivity contribution < 1.29 is 4.79 Å². The van der Waals surface area contributed by atoms with E-state index in [1.54, 1.807) is 19.0 Å². The number of hydrogen-bond acceptors (Lipinski definition) is 1. The van der Waals surface area contributed by atoms with Crippen LogP contribution in [0.4, 0.5) is 0 Å². The Labute approximate surface area is 99.4 Å². The van der Waals surface area contributed by atoms with Gasteiger partial charge in [-0.2, -0.15) is 0 Å². The van der Waals surface area contributed by atoms with E-state index in [1.165, 1.54) is 5.56 Å². The Morgan fingerprint density at radius 1 is 1.20 bits per heavy atom. The zero-order valence-electron chi connectivity index (χ0n) is 9.81. The highest BCUT2D eigenvalue weighted by atomic mass is 79.9. The Morgan fingerprint density at radius 3 is 2.20 bits per heavy atom. The van der Waals surface area contributed by atoms with Gasteiger partial charge in [-0.25, -0.2) is 0 Å². The van der Waals surface area contributed by atoms with Crippen molar-refractivity contribution in [1.82, 2.24) is 4.90 Å². The summed E-state index contributed by atoms with van der Waals surface area (Å²) in [6.45, 7) is 5.98. The summed E-state index contributed by atoms with van der Waals surface area (Å²) < 4.78 is 1.03. The molecule has 0 spiro atoms. The number of benzene rings is 1. The van der Waals surface area contributed by atoms with Crippen LogP contribution in [0.15, 0.2) is 10.5 Å². The summed E-state index contributed by atoms with van der Waals surface area (Å²) in [7, 11) is 3.55. The van der Waals surface area contributed by atoms with Gasteiger partial charge in [0.05, 0.1) is 0 Å². The number of halogens is 1. The minimum Gasteiger partial charge on any atom is -0.345 e. The molecule has 0 heterocycles. The van der Waals surface area contributed by atoms with Crippen LogP contribution < -0.4 is 0 Å². The maximum Gasteiger partial charge on any atom is 0.253 e. The number of rotatable bonds is 1. The van der Waals surface area contributed by atoms with E-state index < -0.39 is 0 Å². The quantitative estimate of drug-likeness (QED) is 0.768. The van der Waals surface area contributed by atoms with Crippen LogP contribution in [0.1, 0.15) is 27.0 Å². The first-order valence-electron chi connectivity index (χ1n) is 4.84. The van der Waals surface area contributed by atoms with Crippen LogP contribution in [0.3, 0.4) is 0 Å². The molecule has 0 radical (unpaired) electrons. The van der Waals surface area contributed by atoms with Gasteiger partial charge >= 0.3 is 0 Å². The monoisotopic (exact) mass is 269 g/mol. The molecule has 0 saturated heterocycles. The third-order valence-electron chi connectivity index (χ3n) is 2.50. The third-order valence-corrected chi connectivity index (χ3v) is 3.72. The molecule has 0 N–H and O–H groups in total. The second kappa shape index (κ2) is 4.35. The summed E-state index contributed by atoms with van der Waals surface area (Å²) in [5, 5.41) is 0. The Balaban J connectivity index is 3.43. The number of hydrogen-bond donors (Lipinski definition) is 0. The SMILES string of the molecule is Cc1cc(C)c(C(=O)N(C)C)c(C)c1Br. The molecule has 1 aromatic rings. The molecule has 0 unspecified atom stereocenters. The summed E-state index contributed by atoms with van der Waals surface area (Å²) in [6, 6.07) is 2.04. The largest absolute Gasteiger partial charge is 0.345 e. The Bertz CT molecular complexity index is 411. The van der Waals surface area contributed by atoms with Crippen molar-refractivity contribution in [1.29, 1.82) is 0 Å². The fraction of sp³-hybridized carbons (Fsp3) is 0.417. The smallest absolute Gasteiger partial charge is 0.253 e. The molecule has 0 saturated carbocycles. The van der Waals surface area contributed by atoms with Gasteiger partial charge in [-0.15, -0.1) is 0 Å². The van der Waals surface area contributed by atoms with E-state index in [-0.39, 0.29) is 5.91 Å². The molecular weight excluding hydrogens is 254 g/mol. The molecule has 1 rings (SSSR count). The first-order valence-corrected chi connectivity index (χ1v) is 5.63. The summed E-state index contributed by atoms with van der Waals surface area (Å²) >= 11 is 3.51. The predicted molar refractivity (Wildman–Crippen MR) is 66.4 cm³/mol. The molecule has 0 atom stereocenters. The second-order valence-electron chi connectivity index (χ2n) is 4.02. The molecule has 1 amide bonds. The second-order valence-corrected chi connectivity index (χ2v) is 4.82. The zero-order valence-corrected chi connectivity index (χ0v) is 11.4. The number of carbonyl (C=O) groups excluding carboxylic acids is 1. The van der Waals surface area contributed by atoms with E-state index in [9.17, 15) is 4.79 Å². The fourth-order valence-electron chi connectivity index (χ4n) is 1.71. The average molecular weight is 270 g/mol.